The van der Waals surface area contributed by atoms with Crippen molar-refractivity contribution in [3.63, 3.8) is 0 Å². The van der Waals surface area contributed by atoms with Crippen molar-refractivity contribution >= 4 is 11.8 Å². The predicted molar refractivity (Wildman–Crippen MR) is 76.5 cm³/mol. The van der Waals surface area contributed by atoms with Crippen LogP contribution in [0.1, 0.15) is 37.7 Å². The Bertz CT molecular complexity index is 433. The first-order valence-electron chi connectivity index (χ1n) is 6.99. The molecule has 1 N–H and O–H groups in total. The van der Waals surface area contributed by atoms with Crippen LogP contribution in [0.25, 0.3) is 0 Å². The summed E-state index contributed by atoms with van der Waals surface area (Å²) in [5.74, 6) is 2.26. The first-order chi connectivity index (χ1) is 8.79. The van der Waals surface area contributed by atoms with Gasteiger partial charge in [0.25, 0.3) is 0 Å². The average molecular weight is 263 g/mol. The summed E-state index contributed by atoms with van der Waals surface area (Å²) in [6.07, 6.45) is 3.81. The minimum atomic E-state index is 0.419. The molecule has 0 aromatic heterocycles. The largest absolute Gasteiger partial charge is 0.508 e. The van der Waals surface area contributed by atoms with Crippen LogP contribution in [0.15, 0.2) is 23.1 Å². The maximum Gasteiger partial charge on any atom is 0.115 e. The van der Waals surface area contributed by atoms with Gasteiger partial charge >= 0.3 is 0 Å². The number of benzene rings is 1. The van der Waals surface area contributed by atoms with Gasteiger partial charge in [-0.05, 0) is 56.1 Å². The summed E-state index contributed by atoms with van der Waals surface area (Å²) in [6, 6.07) is 6.58. The summed E-state index contributed by atoms with van der Waals surface area (Å²) in [4.78, 5) is 4.04. The fraction of sp³-hybridized carbons (Fsp3) is 0.600. The molecular weight excluding hydrogens is 242 g/mol. The van der Waals surface area contributed by atoms with Crippen LogP contribution < -0.4 is 0 Å². The molecule has 2 heterocycles. The molecule has 1 aromatic rings. The van der Waals surface area contributed by atoms with Crippen molar-refractivity contribution in [3.8, 4) is 5.75 Å². The van der Waals surface area contributed by atoms with E-state index in [-0.39, 0.29) is 0 Å². The molecule has 2 aliphatic rings. The first-order valence-corrected chi connectivity index (χ1v) is 7.98. The quantitative estimate of drug-likeness (QED) is 0.884. The zero-order valence-electron chi connectivity index (χ0n) is 10.9. The molecule has 0 saturated carbocycles. The lowest BCUT2D eigenvalue weighted by atomic mass is 9.83. The number of likely N-dealkylation sites (tertiary alicyclic amines) is 1. The molecule has 1 aromatic carbocycles. The number of thioether (sulfide) groups is 1. The Labute approximate surface area is 113 Å². The smallest absolute Gasteiger partial charge is 0.115 e. The number of rotatable bonds is 2. The molecular formula is C15H21NOS. The number of hydrogen-bond donors (Lipinski definition) is 1. The molecule has 0 radical (unpaired) electrons. The lowest BCUT2D eigenvalue weighted by Gasteiger charge is -2.44. The Morgan fingerprint density at radius 1 is 1.44 bits per heavy atom. The number of nitrogens with zero attached hydrogens (tertiary/aromatic N) is 1. The van der Waals surface area contributed by atoms with Crippen LogP contribution >= 0.6 is 11.8 Å². The third-order valence-corrected chi connectivity index (χ3v) is 5.40. The summed E-state index contributed by atoms with van der Waals surface area (Å²) in [5, 5.41) is 9.72. The Kier molecular flexibility index (Phi) is 3.53. The molecule has 2 atom stereocenters. The number of phenolic OH excluding ortho intramolecular Hbond substituents is 1. The van der Waals surface area contributed by atoms with Crippen LogP contribution in [0, 0.1) is 0 Å². The molecule has 0 bridgehead atoms. The number of hydrogen-bond acceptors (Lipinski definition) is 3. The maximum atomic E-state index is 9.72. The summed E-state index contributed by atoms with van der Waals surface area (Å²) < 4.78 is 0. The maximum absolute atomic E-state index is 9.72. The third kappa shape index (κ3) is 2.14. The van der Waals surface area contributed by atoms with Crippen LogP contribution in [0.3, 0.4) is 0 Å². The van der Waals surface area contributed by atoms with E-state index in [1.54, 1.807) is 0 Å². The molecule has 98 valence electrons. The predicted octanol–water partition coefficient (Wildman–Crippen LogP) is 3.46. The molecule has 1 saturated heterocycles. The highest BCUT2D eigenvalue weighted by Gasteiger charge is 2.36. The van der Waals surface area contributed by atoms with Gasteiger partial charge < -0.3 is 5.11 Å². The molecule has 18 heavy (non-hydrogen) atoms. The van der Waals surface area contributed by atoms with Crippen molar-refractivity contribution in [1.82, 2.24) is 4.90 Å². The highest BCUT2D eigenvalue weighted by molar-refractivity contribution is 7.99. The summed E-state index contributed by atoms with van der Waals surface area (Å²) in [7, 11) is 0. The molecule has 3 heteroatoms. The highest BCUT2D eigenvalue weighted by Crippen LogP contribution is 2.45. The van der Waals surface area contributed by atoms with E-state index in [0.29, 0.717) is 17.7 Å². The Balaban J connectivity index is 1.91. The van der Waals surface area contributed by atoms with E-state index in [0.717, 1.165) is 0 Å². The van der Waals surface area contributed by atoms with E-state index in [9.17, 15) is 5.11 Å². The summed E-state index contributed by atoms with van der Waals surface area (Å²) >= 11 is 1.96. The zero-order valence-corrected chi connectivity index (χ0v) is 11.7. The number of piperidine rings is 1. The second-order valence-electron chi connectivity index (χ2n) is 5.39. The highest BCUT2D eigenvalue weighted by atomic mass is 32.2. The molecule has 2 unspecified atom stereocenters. The van der Waals surface area contributed by atoms with Crippen LogP contribution in [-0.4, -0.2) is 34.9 Å². The Morgan fingerprint density at radius 2 is 2.33 bits per heavy atom. The van der Waals surface area contributed by atoms with Gasteiger partial charge in [0.05, 0.1) is 0 Å². The first kappa shape index (κ1) is 12.4. The van der Waals surface area contributed by atoms with Crippen LogP contribution in [0.2, 0.25) is 0 Å². The van der Waals surface area contributed by atoms with Crippen LogP contribution in [0.5, 0.6) is 5.75 Å². The van der Waals surface area contributed by atoms with Gasteiger partial charge in [0.2, 0.25) is 0 Å². The van der Waals surface area contributed by atoms with Crippen molar-refractivity contribution in [1.29, 1.82) is 0 Å². The average Bonchev–Trinajstić information content (AvgIpc) is 2.39. The standard InChI is InChI=1S/C15H21NOS/c1-2-7-16-8-3-4-12-13-9-11(17)5-6-15(13)18-10-14(12)16/h5-6,9,12,14,17H,2-4,7-8,10H2,1H3. The molecule has 1 fully saturated rings. The van der Waals surface area contributed by atoms with Crippen molar-refractivity contribution in [2.45, 2.75) is 43.0 Å². The zero-order chi connectivity index (χ0) is 12.5. The minimum absolute atomic E-state index is 0.419. The van der Waals surface area contributed by atoms with Gasteiger partial charge in [-0.2, -0.15) is 0 Å². The second kappa shape index (κ2) is 5.14. The van der Waals surface area contributed by atoms with E-state index >= 15 is 0 Å². The lowest BCUT2D eigenvalue weighted by molar-refractivity contribution is 0.139. The summed E-state index contributed by atoms with van der Waals surface area (Å²) in [5.41, 5.74) is 1.39. The fourth-order valence-electron chi connectivity index (χ4n) is 3.41. The molecule has 3 rings (SSSR count). The van der Waals surface area contributed by atoms with Gasteiger partial charge in [0, 0.05) is 22.6 Å². The van der Waals surface area contributed by atoms with E-state index < -0.39 is 0 Å². The van der Waals surface area contributed by atoms with E-state index in [4.69, 9.17) is 0 Å². The number of phenols is 1. The molecule has 2 nitrogen and oxygen atoms in total. The van der Waals surface area contributed by atoms with Gasteiger partial charge in [0.1, 0.15) is 5.75 Å². The van der Waals surface area contributed by atoms with E-state index in [1.807, 2.05) is 23.9 Å². The van der Waals surface area contributed by atoms with Crippen molar-refractivity contribution in [2.75, 3.05) is 18.8 Å². The summed E-state index contributed by atoms with van der Waals surface area (Å²) in [6.45, 7) is 4.74. The second-order valence-corrected chi connectivity index (χ2v) is 6.45. The molecule has 0 spiro atoms. The van der Waals surface area contributed by atoms with Crippen molar-refractivity contribution in [3.05, 3.63) is 23.8 Å². The van der Waals surface area contributed by atoms with Crippen molar-refractivity contribution in [2.24, 2.45) is 0 Å². The third-order valence-electron chi connectivity index (χ3n) is 4.21. The Morgan fingerprint density at radius 3 is 3.17 bits per heavy atom. The monoisotopic (exact) mass is 263 g/mol. The Hall–Kier alpha value is -0.670. The van der Waals surface area contributed by atoms with E-state index in [2.05, 4.69) is 17.9 Å². The number of fused-ring (bicyclic) bond motifs is 3. The van der Waals surface area contributed by atoms with E-state index in [1.165, 1.54) is 48.6 Å². The van der Waals surface area contributed by atoms with Crippen molar-refractivity contribution < 1.29 is 5.11 Å². The topological polar surface area (TPSA) is 23.5 Å². The van der Waals surface area contributed by atoms with Crippen LogP contribution in [0.4, 0.5) is 0 Å². The van der Waals surface area contributed by atoms with Gasteiger partial charge in [-0.1, -0.05) is 6.92 Å². The lowest BCUT2D eigenvalue weighted by Crippen LogP contribution is -2.47. The number of aromatic hydroxyl groups is 1. The molecule has 0 amide bonds. The van der Waals surface area contributed by atoms with Gasteiger partial charge in [-0.15, -0.1) is 11.8 Å². The normalized spacial score (nSPS) is 27.6. The van der Waals surface area contributed by atoms with Gasteiger partial charge in [0.15, 0.2) is 0 Å². The fourth-order valence-corrected chi connectivity index (χ4v) is 4.74. The minimum Gasteiger partial charge on any atom is -0.508 e. The van der Waals surface area contributed by atoms with Gasteiger partial charge in [-0.3, -0.25) is 4.90 Å². The van der Waals surface area contributed by atoms with Gasteiger partial charge in [-0.25, -0.2) is 0 Å². The molecule has 2 aliphatic heterocycles. The molecule has 0 aliphatic carbocycles. The van der Waals surface area contributed by atoms with Crippen LogP contribution in [-0.2, 0) is 0 Å². The SMILES string of the molecule is CCCN1CCCC2c3cc(O)ccc3SCC21.